The van der Waals surface area contributed by atoms with Gasteiger partial charge in [-0.15, -0.1) is 11.6 Å². The number of likely N-dealkylation sites (N-methyl/N-ethyl adjacent to an activating group) is 1. The molecule has 0 bridgehead atoms. The molecule has 0 aliphatic heterocycles. The molecule has 0 unspecified atom stereocenters. The minimum Gasteiger partial charge on any atom is -0.395 e. The van der Waals surface area contributed by atoms with Gasteiger partial charge in [-0.25, -0.2) is 0 Å². The Kier molecular flexibility index (Phi) is 6.54. The Bertz CT molecular complexity index is 368. The van der Waals surface area contributed by atoms with E-state index in [1.54, 1.807) is 0 Å². The number of carbonyl (C=O) groups excluding carboxylic acids is 1. The van der Waals surface area contributed by atoms with Crippen molar-refractivity contribution in [3.8, 4) is 0 Å². The Morgan fingerprint density at radius 1 is 1.39 bits per heavy atom. The molecule has 1 aromatic carbocycles. The molecular weight excluding hydrogens is 252 g/mol. The zero-order chi connectivity index (χ0) is 13.4. The molecule has 0 aromatic heterocycles. The number of carbonyl (C=O) groups is 1. The Balaban J connectivity index is 2.64. The normalized spacial score (nSPS) is 10.2. The summed E-state index contributed by atoms with van der Waals surface area (Å²) < 4.78 is 0. The van der Waals surface area contributed by atoms with Gasteiger partial charge in [0.15, 0.2) is 0 Å². The van der Waals surface area contributed by atoms with Crippen LogP contribution in [0.3, 0.4) is 0 Å². The van der Waals surface area contributed by atoms with Gasteiger partial charge in [-0.05, 0) is 31.2 Å². The number of anilines is 2. The van der Waals surface area contributed by atoms with Crippen molar-refractivity contribution in [2.45, 2.75) is 13.3 Å². The van der Waals surface area contributed by atoms with Crippen LogP contribution in [0.15, 0.2) is 24.3 Å². The summed E-state index contributed by atoms with van der Waals surface area (Å²) in [5.74, 6) is 0.241. The first-order valence-electron chi connectivity index (χ1n) is 6.03. The lowest BCUT2D eigenvalue weighted by Gasteiger charge is -2.22. The maximum atomic E-state index is 11.4. The highest BCUT2D eigenvalue weighted by Gasteiger charge is 2.04. The molecular formula is C13H19ClN2O2. The molecule has 2 N–H and O–H groups in total. The van der Waals surface area contributed by atoms with Crippen molar-refractivity contribution in [2.24, 2.45) is 0 Å². The largest absolute Gasteiger partial charge is 0.395 e. The van der Waals surface area contributed by atoms with Crippen molar-refractivity contribution >= 4 is 28.9 Å². The minimum atomic E-state index is -0.0829. The third-order valence-electron chi connectivity index (χ3n) is 2.59. The molecule has 18 heavy (non-hydrogen) atoms. The maximum Gasteiger partial charge on any atom is 0.225 e. The van der Waals surface area contributed by atoms with E-state index in [4.69, 9.17) is 16.7 Å². The van der Waals surface area contributed by atoms with Gasteiger partial charge >= 0.3 is 0 Å². The lowest BCUT2D eigenvalue weighted by Crippen LogP contribution is -2.26. The molecule has 0 saturated carbocycles. The van der Waals surface area contributed by atoms with E-state index in [-0.39, 0.29) is 12.5 Å². The molecule has 0 spiro atoms. The summed E-state index contributed by atoms with van der Waals surface area (Å²) >= 11 is 5.49. The highest BCUT2D eigenvalue weighted by Crippen LogP contribution is 2.17. The van der Waals surface area contributed by atoms with Crippen LogP contribution in [0.4, 0.5) is 11.4 Å². The number of aliphatic hydroxyl groups excluding tert-OH is 1. The standard InChI is InChI=1S/C13H19ClN2O2/c1-2-16(9-10-17)12-5-3-11(4-6-12)15-13(18)7-8-14/h3-6,17H,2,7-10H2,1H3,(H,15,18). The number of alkyl halides is 1. The monoisotopic (exact) mass is 270 g/mol. The molecule has 100 valence electrons. The van der Waals surface area contributed by atoms with E-state index in [1.807, 2.05) is 31.2 Å². The first-order chi connectivity index (χ1) is 8.71. The number of aliphatic hydroxyl groups is 1. The van der Waals surface area contributed by atoms with Gasteiger partial charge in [0.25, 0.3) is 0 Å². The van der Waals surface area contributed by atoms with Gasteiger partial charge < -0.3 is 15.3 Å². The Morgan fingerprint density at radius 2 is 2.06 bits per heavy atom. The summed E-state index contributed by atoms with van der Waals surface area (Å²) in [5.41, 5.74) is 1.79. The quantitative estimate of drug-likeness (QED) is 0.746. The van der Waals surface area contributed by atoms with Crippen LogP contribution in [0.5, 0.6) is 0 Å². The number of hydrogen-bond donors (Lipinski definition) is 2. The zero-order valence-electron chi connectivity index (χ0n) is 10.5. The molecule has 1 rings (SSSR count). The van der Waals surface area contributed by atoms with Gasteiger partial charge in [-0.1, -0.05) is 0 Å². The number of amides is 1. The van der Waals surface area contributed by atoms with Gasteiger partial charge in [0.1, 0.15) is 0 Å². The second-order valence-corrected chi connectivity index (χ2v) is 4.22. The van der Waals surface area contributed by atoms with Crippen LogP contribution in [0, 0.1) is 0 Å². The average molecular weight is 271 g/mol. The molecule has 0 saturated heterocycles. The van der Waals surface area contributed by atoms with Gasteiger partial charge in [-0.2, -0.15) is 0 Å². The third-order valence-corrected chi connectivity index (χ3v) is 2.78. The number of benzene rings is 1. The summed E-state index contributed by atoms with van der Waals surface area (Å²) in [7, 11) is 0. The fraction of sp³-hybridized carbons (Fsp3) is 0.462. The number of nitrogens with zero attached hydrogens (tertiary/aromatic N) is 1. The molecule has 1 aromatic rings. The Hall–Kier alpha value is -1.26. The van der Waals surface area contributed by atoms with Crippen LogP contribution in [-0.2, 0) is 4.79 Å². The highest BCUT2D eigenvalue weighted by molar-refractivity contribution is 6.19. The molecule has 5 heteroatoms. The van der Waals surface area contributed by atoms with Crippen LogP contribution in [0.1, 0.15) is 13.3 Å². The first-order valence-corrected chi connectivity index (χ1v) is 6.56. The fourth-order valence-electron chi connectivity index (χ4n) is 1.66. The molecule has 0 radical (unpaired) electrons. The minimum absolute atomic E-state index is 0.0829. The molecule has 1 amide bonds. The summed E-state index contributed by atoms with van der Waals surface area (Å²) in [5, 5.41) is 11.7. The Labute approximate surface area is 113 Å². The van der Waals surface area contributed by atoms with Crippen LogP contribution in [-0.4, -0.2) is 36.6 Å². The van der Waals surface area contributed by atoms with Crippen LogP contribution in [0.25, 0.3) is 0 Å². The summed E-state index contributed by atoms with van der Waals surface area (Å²) in [6.07, 6.45) is 0.314. The second kappa shape index (κ2) is 7.95. The van der Waals surface area contributed by atoms with Crippen molar-refractivity contribution in [2.75, 3.05) is 35.8 Å². The smallest absolute Gasteiger partial charge is 0.225 e. The molecule has 0 aliphatic rings. The summed E-state index contributed by atoms with van der Waals surface area (Å²) in [6.45, 7) is 3.60. The van der Waals surface area contributed by atoms with Crippen LogP contribution in [0.2, 0.25) is 0 Å². The fourth-order valence-corrected chi connectivity index (χ4v) is 1.83. The van der Waals surface area contributed by atoms with E-state index in [2.05, 4.69) is 10.2 Å². The highest BCUT2D eigenvalue weighted by atomic mass is 35.5. The molecule has 0 heterocycles. The van der Waals surface area contributed by atoms with Crippen LogP contribution >= 0.6 is 11.6 Å². The average Bonchev–Trinajstić information content (AvgIpc) is 2.37. The molecule has 0 fully saturated rings. The van der Waals surface area contributed by atoms with Gasteiger partial charge in [0, 0.05) is 36.8 Å². The topological polar surface area (TPSA) is 52.6 Å². The van der Waals surface area contributed by atoms with E-state index in [1.165, 1.54) is 0 Å². The van der Waals surface area contributed by atoms with Gasteiger partial charge in [-0.3, -0.25) is 4.79 Å². The van der Waals surface area contributed by atoms with E-state index < -0.39 is 0 Å². The second-order valence-electron chi connectivity index (χ2n) is 3.84. The van der Waals surface area contributed by atoms with Crippen molar-refractivity contribution in [1.82, 2.24) is 0 Å². The first kappa shape index (κ1) is 14.8. The lowest BCUT2D eigenvalue weighted by atomic mass is 10.2. The van der Waals surface area contributed by atoms with E-state index >= 15 is 0 Å². The summed E-state index contributed by atoms with van der Waals surface area (Å²) in [6, 6.07) is 7.55. The van der Waals surface area contributed by atoms with E-state index in [9.17, 15) is 4.79 Å². The lowest BCUT2D eigenvalue weighted by molar-refractivity contribution is -0.115. The van der Waals surface area contributed by atoms with E-state index in [0.717, 1.165) is 17.9 Å². The van der Waals surface area contributed by atoms with Crippen molar-refractivity contribution in [1.29, 1.82) is 0 Å². The van der Waals surface area contributed by atoms with Crippen molar-refractivity contribution in [3.63, 3.8) is 0 Å². The summed E-state index contributed by atoms with van der Waals surface area (Å²) in [4.78, 5) is 13.4. The molecule has 0 aliphatic carbocycles. The third kappa shape index (κ3) is 4.55. The van der Waals surface area contributed by atoms with Crippen molar-refractivity contribution < 1.29 is 9.90 Å². The van der Waals surface area contributed by atoms with Crippen molar-refractivity contribution in [3.05, 3.63) is 24.3 Å². The van der Waals surface area contributed by atoms with Gasteiger partial charge in [0.05, 0.1) is 6.61 Å². The number of rotatable bonds is 7. The van der Waals surface area contributed by atoms with Gasteiger partial charge in [0.2, 0.25) is 5.91 Å². The molecule has 0 atom stereocenters. The number of hydrogen-bond acceptors (Lipinski definition) is 3. The molecule has 4 nitrogen and oxygen atoms in total. The zero-order valence-corrected chi connectivity index (χ0v) is 11.3. The predicted molar refractivity (Wildman–Crippen MR) is 75.4 cm³/mol. The maximum absolute atomic E-state index is 11.4. The Morgan fingerprint density at radius 3 is 2.56 bits per heavy atom. The predicted octanol–water partition coefficient (Wildman–Crippen LogP) is 2.07. The number of halogens is 1. The SMILES string of the molecule is CCN(CCO)c1ccc(NC(=O)CCCl)cc1. The number of nitrogens with one attached hydrogen (secondary N) is 1. The van der Waals surface area contributed by atoms with Crippen LogP contribution < -0.4 is 10.2 Å². The van der Waals surface area contributed by atoms with E-state index in [0.29, 0.717) is 18.8 Å².